The van der Waals surface area contributed by atoms with Crippen molar-refractivity contribution in [2.45, 2.75) is 25.0 Å². The number of fused-ring (bicyclic) bond motifs is 3. The zero-order valence-corrected chi connectivity index (χ0v) is 17.7. The van der Waals surface area contributed by atoms with Gasteiger partial charge in [0.25, 0.3) is 0 Å². The van der Waals surface area contributed by atoms with Crippen LogP contribution in [0.4, 0.5) is 4.79 Å². The fraction of sp³-hybridized carbons (Fsp3) is 0.231. The van der Waals surface area contributed by atoms with E-state index in [0.717, 1.165) is 27.8 Å². The number of aliphatic hydroxyl groups is 2. The van der Waals surface area contributed by atoms with Crippen LogP contribution in [0.1, 0.15) is 39.8 Å². The van der Waals surface area contributed by atoms with Crippen molar-refractivity contribution in [2.75, 3.05) is 13.2 Å². The minimum absolute atomic E-state index is 0.0550. The standard InChI is InChI=1S/C26H24N2O4/c1-16-10-11-17(12-18(16)13-27)25(30)24(29)14-28-26(31)32-15-23-21-8-4-2-6-19(21)20-7-3-5-9-22(20)23/h2-12,23-25,29-30H,14-15H2,1H3,(H,28,31). The number of hydrogen-bond acceptors (Lipinski definition) is 5. The maximum absolute atomic E-state index is 12.3. The smallest absolute Gasteiger partial charge is 0.407 e. The summed E-state index contributed by atoms with van der Waals surface area (Å²) >= 11 is 0. The molecule has 0 saturated carbocycles. The Labute approximate surface area is 186 Å². The third-order valence-corrected chi connectivity index (χ3v) is 5.89. The van der Waals surface area contributed by atoms with Gasteiger partial charge in [0.2, 0.25) is 0 Å². The predicted octanol–water partition coefficient (Wildman–Crippen LogP) is 3.80. The van der Waals surface area contributed by atoms with Crippen molar-refractivity contribution >= 4 is 6.09 Å². The zero-order valence-electron chi connectivity index (χ0n) is 17.7. The second-order valence-corrected chi connectivity index (χ2v) is 7.90. The van der Waals surface area contributed by atoms with Crippen LogP contribution in [0.3, 0.4) is 0 Å². The highest BCUT2D eigenvalue weighted by molar-refractivity contribution is 5.79. The number of alkyl carbamates (subject to hydrolysis) is 1. The number of nitrogens with one attached hydrogen (secondary N) is 1. The van der Waals surface area contributed by atoms with Crippen LogP contribution in [0.15, 0.2) is 66.7 Å². The van der Waals surface area contributed by atoms with Crippen molar-refractivity contribution < 1.29 is 19.7 Å². The van der Waals surface area contributed by atoms with E-state index in [1.165, 1.54) is 6.07 Å². The van der Waals surface area contributed by atoms with Gasteiger partial charge in [-0.1, -0.05) is 60.7 Å². The van der Waals surface area contributed by atoms with Crippen LogP contribution in [0.5, 0.6) is 0 Å². The Morgan fingerprint density at radius 2 is 1.69 bits per heavy atom. The van der Waals surface area contributed by atoms with Crippen molar-refractivity contribution in [3.63, 3.8) is 0 Å². The first-order valence-corrected chi connectivity index (χ1v) is 10.4. The lowest BCUT2D eigenvalue weighted by Crippen LogP contribution is -2.36. The summed E-state index contributed by atoms with van der Waals surface area (Å²) in [5, 5.41) is 32.3. The molecule has 32 heavy (non-hydrogen) atoms. The first-order chi connectivity index (χ1) is 15.5. The van der Waals surface area contributed by atoms with E-state index >= 15 is 0 Å². The van der Waals surface area contributed by atoms with Gasteiger partial charge in [-0.2, -0.15) is 5.26 Å². The summed E-state index contributed by atoms with van der Waals surface area (Å²) in [5.74, 6) is -0.0550. The minimum atomic E-state index is -1.25. The molecule has 0 aliphatic heterocycles. The van der Waals surface area contributed by atoms with Crippen molar-refractivity contribution in [2.24, 2.45) is 0 Å². The summed E-state index contributed by atoms with van der Waals surface area (Å²) < 4.78 is 5.44. The summed E-state index contributed by atoms with van der Waals surface area (Å²) in [5.41, 5.74) is 6.15. The van der Waals surface area contributed by atoms with Gasteiger partial charge in [-0.3, -0.25) is 0 Å². The number of benzene rings is 3. The number of aliphatic hydroxyl groups excluding tert-OH is 2. The fourth-order valence-corrected chi connectivity index (χ4v) is 4.12. The average molecular weight is 428 g/mol. The Bertz CT molecular complexity index is 1140. The number of hydrogen-bond donors (Lipinski definition) is 3. The summed E-state index contributed by atoms with van der Waals surface area (Å²) in [6.45, 7) is 1.78. The summed E-state index contributed by atoms with van der Waals surface area (Å²) in [6, 6.07) is 23.1. The Balaban J connectivity index is 1.34. The molecule has 0 fully saturated rings. The number of aryl methyl sites for hydroxylation is 1. The molecular weight excluding hydrogens is 404 g/mol. The highest BCUT2D eigenvalue weighted by Crippen LogP contribution is 2.44. The van der Waals surface area contributed by atoms with E-state index < -0.39 is 18.3 Å². The molecule has 1 aliphatic carbocycles. The topological polar surface area (TPSA) is 103 Å². The van der Waals surface area contributed by atoms with Crippen molar-refractivity contribution in [1.82, 2.24) is 5.32 Å². The largest absolute Gasteiger partial charge is 0.449 e. The van der Waals surface area contributed by atoms with E-state index in [9.17, 15) is 15.0 Å². The lowest BCUT2D eigenvalue weighted by atomic mass is 9.98. The van der Waals surface area contributed by atoms with Crippen molar-refractivity contribution in [3.8, 4) is 17.2 Å². The molecule has 3 aromatic carbocycles. The second-order valence-electron chi connectivity index (χ2n) is 7.90. The van der Waals surface area contributed by atoms with Crippen LogP contribution in [0.25, 0.3) is 11.1 Å². The Kier molecular flexibility index (Phi) is 6.22. The quantitative estimate of drug-likeness (QED) is 0.554. The minimum Gasteiger partial charge on any atom is -0.449 e. The maximum Gasteiger partial charge on any atom is 0.407 e. The van der Waals surface area contributed by atoms with Crippen LogP contribution in [-0.4, -0.2) is 35.6 Å². The molecule has 0 spiro atoms. The monoisotopic (exact) mass is 428 g/mol. The molecule has 3 aromatic rings. The molecule has 0 heterocycles. The van der Waals surface area contributed by atoms with Gasteiger partial charge in [0.1, 0.15) is 18.8 Å². The Morgan fingerprint density at radius 3 is 2.31 bits per heavy atom. The molecule has 0 bridgehead atoms. The van der Waals surface area contributed by atoms with Gasteiger partial charge in [0.15, 0.2) is 0 Å². The molecule has 2 atom stereocenters. The molecule has 2 unspecified atom stereocenters. The van der Waals surface area contributed by atoms with E-state index in [1.807, 2.05) is 36.4 Å². The molecule has 4 rings (SSSR count). The van der Waals surface area contributed by atoms with Crippen LogP contribution in [0, 0.1) is 18.3 Å². The number of nitrogens with zero attached hydrogens (tertiary/aromatic N) is 1. The number of rotatable bonds is 6. The zero-order chi connectivity index (χ0) is 22.7. The lowest BCUT2D eigenvalue weighted by molar-refractivity contribution is 0.0185. The summed E-state index contributed by atoms with van der Waals surface area (Å²) in [4.78, 5) is 12.3. The molecule has 1 amide bonds. The van der Waals surface area contributed by atoms with Gasteiger partial charge in [-0.25, -0.2) is 4.79 Å². The number of carbonyl (C=O) groups excluding carboxylic acids is 1. The van der Waals surface area contributed by atoms with E-state index in [2.05, 4.69) is 23.5 Å². The van der Waals surface area contributed by atoms with Gasteiger partial charge in [-0.15, -0.1) is 0 Å². The van der Waals surface area contributed by atoms with E-state index in [4.69, 9.17) is 10.00 Å². The number of nitriles is 1. The highest BCUT2D eigenvalue weighted by Gasteiger charge is 2.29. The molecule has 0 saturated heterocycles. The number of amides is 1. The molecule has 1 aliphatic rings. The Morgan fingerprint density at radius 1 is 1.06 bits per heavy atom. The van der Waals surface area contributed by atoms with Crippen LogP contribution >= 0.6 is 0 Å². The molecule has 6 heteroatoms. The molecule has 6 nitrogen and oxygen atoms in total. The molecule has 162 valence electrons. The van der Waals surface area contributed by atoms with Gasteiger partial charge in [0, 0.05) is 12.5 Å². The first kappa shape index (κ1) is 21.6. The maximum atomic E-state index is 12.3. The fourth-order valence-electron chi connectivity index (χ4n) is 4.12. The molecule has 0 radical (unpaired) electrons. The van der Waals surface area contributed by atoms with E-state index in [0.29, 0.717) is 11.1 Å². The third kappa shape index (κ3) is 4.22. The van der Waals surface area contributed by atoms with Gasteiger partial charge in [0.05, 0.1) is 11.6 Å². The van der Waals surface area contributed by atoms with Crippen LogP contribution in [-0.2, 0) is 4.74 Å². The molecular formula is C26H24N2O4. The summed E-state index contributed by atoms with van der Waals surface area (Å²) in [7, 11) is 0. The normalized spacial score (nSPS) is 14.1. The summed E-state index contributed by atoms with van der Waals surface area (Å²) in [6.07, 6.45) is -3.15. The van der Waals surface area contributed by atoms with Gasteiger partial charge < -0.3 is 20.3 Å². The van der Waals surface area contributed by atoms with Crippen LogP contribution in [0.2, 0.25) is 0 Å². The Hall–Kier alpha value is -3.66. The SMILES string of the molecule is Cc1ccc(C(O)C(O)CNC(=O)OCC2c3ccccc3-c3ccccc32)cc1C#N. The van der Waals surface area contributed by atoms with Gasteiger partial charge >= 0.3 is 6.09 Å². The third-order valence-electron chi connectivity index (χ3n) is 5.89. The number of ether oxygens (including phenoxy) is 1. The lowest BCUT2D eigenvalue weighted by Gasteiger charge is -2.20. The van der Waals surface area contributed by atoms with Crippen LogP contribution < -0.4 is 5.32 Å². The highest BCUT2D eigenvalue weighted by atomic mass is 16.5. The van der Waals surface area contributed by atoms with Crippen molar-refractivity contribution in [1.29, 1.82) is 5.26 Å². The first-order valence-electron chi connectivity index (χ1n) is 10.4. The second kappa shape index (κ2) is 9.23. The van der Waals surface area contributed by atoms with Gasteiger partial charge in [-0.05, 0) is 46.4 Å². The van der Waals surface area contributed by atoms with E-state index in [1.54, 1.807) is 19.1 Å². The molecule has 3 N–H and O–H groups in total. The number of carbonyl (C=O) groups is 1. The molecule has 0 aromatic heterocycles. The van der Waals surface area contributed by atoms with Crippen molar-refractivity contribution in [3.05, 3.63) is 94.5 Å². The predicted molar refractivity (Wildman–Crippen MR) is 120 cm³/mol. The van der Waals surface area contributed by atoms with E-state index in [-0.39, 0.29) is 19.1 Å². The average Bonchev–Trinajstić information content (AvgIpc) is 3.14.